The summed E-state index contributed by atoms with van der Waals surface area (Å²) in [5.41, 5.74) is 2.22. The van der Waals surface area contributed by atoms with Gasteiger partial charge in [0.15, 0.2) is 10.8 Å². The summed E-state index contributed by atoms with van der Waals surface area (Å²) in [6, 6.07) is 5.50. The highest BCUT2D eigenvalue weighted by Crippen LogP contribution is 2.31. The van der Waals surface area contributed by atoms with Gasteiger partial charge in [0.2, 0.25) is 0 Å². The van der Waals surface area contributed by atoms with Crippen LogP contribution in [-0.4, -0.2) is 44.7 Å². The largest absolute Gasteiger partial charge is 0.304 e. The van der Waals surface area contributed by atoms with Gasteiger partial charge in [0.05, 0.1) is 5.69 Å². The molecule has 0 spiro atoms. The highest BCUT2D eigenvalue weighted by molar-refractivity contribution is 7.16. The molecule has 3 aromatic heterocycles. The zero-order chi connectivity index (χ0) is 17.1. The second kappa shape index (κ2) is 6.90. The van der Waals surface area contributed by atoms with Crippen LogP contribution in [0.3, 0.4) is 0 Å². The van der Waals surface area contributed by atoms with Gasteiger partial charge in [-0.25, -0.2) is 4.98 Å². The molecule has 24 heavy (non-hydrogen) atoms. The van der Waals surface area contributed by atoms with Gasteiger partial charge in [-0.1, -0.05) is 11.3 Å². The van der Waals surface area contributed by atoms with Gasteiger partial charge in [-0.15, -0.1) is 0 Å². The first kappa shape index (κ1) is 16.3. The van der Waals surface area contributed by atoms with Crippen LogP contribution in [-0.2, 0) is 13.6 Å². The van der Waals surface area contributed by atoms with Crippen molar-refractivity contribution in [2.45, 2.75) is 6.54 Å². The SMILES string of the molecule is CN(C)Cc1sc(NC(=O)c2ccn(C)n2)nc1-c1ccncc1. The minimum Gasteiger partial charge on any atom is -0.304 e. The average molecular weight is 342 g/mol. The number of anilines is 1. The number of pyridine rings is 1. The molecular weight excluding hydrogens is 324 g/mol. The van der Waals surface area contributed by atoms with Gasteiger partial charge >= 0.3 is 0 Å². The van der Waals surface area contributed by atoms with E-state index in [4.69, 9.17) is 0 Å². The average Bonchev–Trinajstić information content (AvgIpc) is 3.14. The van der Waals surface area contributed by atoms with Crippen LogP contribution < -0.4 is 5.32 Å². The van der Waals surface area contributed by atoms with Gasteiger partial charge in [-0.05, 0) is 32.3 Å². The Labute approximate surface area is 144 Å². The normalized spacial score (nSPS) is 11.0. The van der Waals surface area contributed by atoms with Crippen molar-refractivity contribution in [3.05, 3.63) is 47.4 Å². The number of carbonyl (C=O) groups is 1. The summed E-state index contributed by atoms with van der Waals surface area (Å²) >= 11 is 1.47. The number of rotatable bonds is 5. The van der Waals surface area contributed by atoms with E-state index in [0.29, 0.717) is 10.8 Å². The Morgan fingerprint density at radius 2 is 2.04 bits per heavy atom. The third kappa shape index (κ3) is 3.66. The number of hydrogen-bond acceptors (Lipinski definition) is 6. The first-order chi connectivity index (χ1) is 11.5. The summed E-state index contributed by atoms with van der Waals surface area (Å²) in [5, 5.41) is 7.51. The van der Waals surface area contributed by atoms with E-state index in [-0.39, 0.29) is 5.91 Å². The van der Waals surface area contributed by atoms with E-state index >= 15 is 0 Å². The number of nitrogens with zero attached hydrogens (tertiary/aromatic N) is 5. The lowest BCUT2D eigenvalue weighted by Crippen LogP contribution is -2.12. The van der Waals surface area contributed by atoms with E-state index in [1.54, 1.807) is 36.4 Å². The van der Waals surface area contributed by atoms with Crippen LogP contribution in [0.4, 0.5) is 5.13 Å². The van der Waals surface area contributed by atoms with Crippen molar-refractivity contribution < 1.29 is 4.79 Å². The second-order valence-corrected chi connectivity index (χ2v) is 6.68. The maximum Gasteiger partial charge on any atom is 0.277 e. The monoisotopic (exact) mass is 342 g/mol. The fourth-order valence-electron chi connectivity index (χ4n) is 2.23. The van der Waals surface area contributed by atoms with Crippen molar-refractivity contribution in [3.8, 4) is 11.3 Å². The first-order valence-electron chi connectivity index (χ1n) is 7.39. The molecule has 0 aliphatic heterocycles. The van der Waals surface area contributed by atoms with E-state index in [2.05, 4.69) is 25.3 Å². The van der Waals surface area contributed by atoms with Crippen molar-refractivity contribution in [3.63, 3.8) is 0 Å². The lowest BCUT2D eigenvalue weighted by Gasteiger charge is -2.08. The molecule has 1 amide bonds. The molecule has 0 bridgehead atoms. The standard InChI is InChI=1S/C16H18N6OS/c1-21(2)10-13-14(11-4-7-17-8-5-11)18-16(24-13)19-15(23)12-6-9-22(3)20-12/h4-9H,10H2,1-3H3,(H,18,19,23). The van der Waals surface area contributed by atoms with E-state index in [9.17, 15) is 4.79 Å². The molecule has 0 radical (unpaired) electrons. The van der Waals surface area contributed by atoms with Crippen molar-refractivity contribution in [2.24, 2.45) is 7.05 Å². The fourth-order valence-corrected chi connectivity index (χ4v) is 3.33. The third-order valence-corrected chi connectivity index (χ3v) is 4.23. The number of amides is 1. The first-order valence-corrected chi connectivity index (χ1v) is 8.20. The van der Waals surface area contributed by atoms with Crippen LogP contribution in [0.5, 0.6) is 0 Å². The van der Waals surface area contributed by atoms with Gasteiger partial charge in [-0.3, -0.25) is 19.8 Å². The molecule has 0 aliphatic carbocycles. The second-order valence-electron chi connectivity index (χ2n) is 5.59. The molecule has 3 heterocycles. The Hall–Kier alpha value is -2.58. The Balaban J connectivity index is 1.89. The van der Waals surface area contributed by atoms with Crippen molar-refractivity contribution in [2.75, 3.05) is 19.4 Å². The molecule has 1 N–H and O–H groups in total. The van der Waals surface area contributed by atoms with Crippen molar-refractivity contribution in [1.29, 1.82) is 0 Å². The van der Waals surface area contributed by atoms with E-state index in [1.807, 2.05) is 26.2 Å². The Bertz CT molecular complexity index is 839. The minimum atomic E-state index is -0.262. The topological polar surface area (TPSA) is 75.9 Å². The van der Waals surface area contributed by atoms with Crippen LogP contribution in [0.2, 0.25) is 0 Å². The van der Waals surface area contributed by atoms with Crippen LogP contribution >= 0.6 is 11.3 Å². The maximum atomic E-state index is 12.3. The summed E-state index contributed by atoms with van der Waals surface area (Å²) in [5.74, 6) is -0.262. The van der Waals surface area contributed by atoms with Gasteiger partial charge in [0.25, 0.3) is 5.91 Å². The van der Waals surface area contributed by atoms with Gasteiger partial charge in [-0.2, -0.15) is 5.10 Å². The molecule has 8 heteroatoms. The molecule has 3 rings (SSSR count). The summed E-state index contributed by atoms with van der Waals surface area (Å²) in [6.07, 6.45) is 5.21. The number of nitrogens with one attached hydrogen (secondary N) is 1. The van der Waals surface area contributed by atoms with Gasteiger partial charge in [0.1, 0.15) is 0 Å². The van der Waals surface area contributed by atoms with Crippen molar-refractivity contribution >= 4 is 22.4 Å². The Morgan fingerprint density at radius 3 is 2.67 bits per heavy atom. The van der Waals surface area contributed by atoms with E-state index < -0.39 is 0 Å². The lowest BCUT2D eigenvalue weighted by atomic mass is 10.2. The zero-order valence-electron chi connectivity index (χ0n) is 13.7. The van der Waals surface area contributed by atoms with Crippen LogP contribution in [0.25, 0.3) is 11.3 Å². The summed E-state index contributed by atoms with van der Waals surface area (Å²) < 4.78 is 1.59. The number of thiazole rings is 1. The van der Waals surface area contributed by atoms with Gasteiger partial charge in [0, 0.05) is 42.6 Å². The Morgan fingerprint density at radius 1 is 1.29 bits per heavy atom. The molecule has 124 valence electrons. The van der Waals surface area contributed by atoms with Gasteiger partial charge < -0.3 is 4.90 Å². The summed E-state index contributed by atoms with van der Waals surface area (Å²) in [6.45, 7) is 0.745. The molecule has 0 saturated carbocycles. The predicted molar refractivity (Wildman–Crippen MR) is 93.9 cm³/mol. The van der Waals surface area contributed by atoms with E-state index in [1.165, 1.54) is 11.3 Å². The molecular formula is C16H18N6OS. The number of hydrogen-bond donors (Lipinski definition) is 1. The summed E-state index contributed by atoms with van der Waals surface area (Å²) in [7, 11) is 5.78. The molecule has 0 fully saturated rings. The molecule has 3 aromatic rings. The predicted octanol–water partition coefficient (Wildman–Crippen LogP) is 2.25. The van der Waals surface area contributed by atoms with Crippen LogP contribution in [0, 0.1) is 0 Å². The Kier molecular flexibility index (Phi) is 4.68. The summed E-state index contributed by atoms with van der Waals surface area (Å²) in [4.78, 5) is 24.1. The molecule has 0 saturated heterocycles. The minimum absolute atomic E-state index is 0.262. The fraction of sp³-hybridized carbons (Fsp3) is 0.250. The maximum absolute atomic E-state index is 12.3. The van der Waals surface area contributed by atoms with E-state index in [0.717, 1.165) is 22.7 Å². The van der Waals surface area contributed by atoms with Crippen LogP contribution in [0.1, 0.15) is 15.4 Å². The molecule has 0 aromatic carbocycles. The number of carbonyl (C=O) groups excluding carboxylic acids is 1. The van der Waals surface area contributed by atoms with Crippen molar-refractivity contribution in [1.82, 2.24) is 24.6 Å². The number of aromatic nitrogens is 4. The smallest absolute Gasteiger partial charge is 0.277 e. The molecule has 0 unspecified atom stereocenters. The zero-order valence-corrected chi connectivity index (χ0v) is 14.5. The highest BCUT2D eigenvalue weighted by atomic mass is 32.1. The molecule has 0 aliphatic rings. The third-order valence-electron chi connectivity index (χ3n) is 3.28. The molecule has 7 nitrogen and oxygen atoms in total. The lowest BCUT2D eigenvalue weighted by molar-refractivity contribution is 0.102. The van der Waals surface area contributed by atoms with Crippen LogP contribution in [0.15, 0.2) is 36.8 Å². The number of aryl methyl sites for hydroxylation is 1. The molecule has 0 atom stereocenters. The quantitative estimate of drug-likeness (QED) is 0.770. The highest BCUT2D eigenvalue weighted by Gasteiger charge is 2.17.